The highest BCUT2D eigenvalue weighted by atomic mass is 16.5. The van der Waals surface area contributed by atoms with Crippen LogP contribution in [-0.2, 0) is 22.4 Å². The monoisotopic (exact) mass is 543 g/mol. The molecule has 2 saturated heterocycles. The van der Waals surface area contributed by atoms with E-state index in [1.807, 2.05) is 4.90 Å². The Hall–Kier alpha value is -3.83. The Morgan fingerprint density at radius 1 is 1.00 bits per heavy atom. The third-order valence-corrected chi connectivity index (χ3v) is 8.08. The zero-order valence-corrected chi connectivity index (χ0v) is 23.1. The molecule has 5 heterocycles. The van der Waals surface area contributed by atoms with Crippen LogP contribution in [0.4, 0.5) is 23.4 Å². The van der Waals surface area contributed by atoms with Crippen LogP contribution in [0.5, 0.6) is 0 Å². The number of hydrogen-bond acceptors (Lipinski definition) is 10. The van der Waals surface area contributed by atoms with Crippen LogP contribution in [0.2, 0.25) is 0 Å². The fourth-order valence-electron chi connectivity index (χ4n) is 5.70. The van der Waals surface area contributed by atoms with Gasteiger partial charge in [0.15, 0.2) is 0 Å². The lowest BCUT2D eigenvalue weighted by molar-refractivity contribution is -0.132. The number of fused-ring (bicyclic) bond motifs is 1. The SMILES string of the molecule is CCN1CCN(C(=O)CCc2cccc(N3CCc4c(-c5cnc(N)nc5)nc(N5CCOCC5)nc43)c2)CC1. The van der Waals surface area contributed by atoms with Gasteiger partial charge in [0, 0.05) is 81.4 Å². The third kappa shape index (κ3) is 5.57. The molecule has 11 heteroatoms. The van der Waals surface area contributed by atoms with Crippen LogP contribution >= 0.6 is 0 Å². The highest BCUT2D eigenvalue weighted by molar-refractivity contribution is 5.78. The molecule has 0 atom stereocenters. The van der Waals surface area contributed by atoms with E-state index in [-0.39, 0.29) is 11.9 Å². The first kappa shape index (κ1) is 26.4. The number of nitrogens with two attached hydrogens (primary N) is 1. The molecule has 0 aliphatic carbocycles. The molecule has 2 aromatic heterocycles. The number of anilines is 4. The van der Waals surface area contributed by atoms with Crippen molar-refractivity contribution < 1.29 is 9.53 Å². The second-order valence-electron chi connectivity index (χ2n) is 10.5. The number of rotatable bonds is 7. The molecular formula is C29H37N9O2. The number of amides is 1. The first-order valence-corrected chi connectivity index (χ1v) is 14.3. The summed E-state index contributed by atoms with van der Waals surface area (Å²) in [4.78, 5) is 40.2. The van der Waals surface area contributed by atoms with Gasteiger partial charge in [0.05, 0.1) is 18.9 Å². The molecule has 3 aromatic rings. The van der Waals surface area contributed by atoms with Crippen LogP contribution in [0.15, 0.2) is 36.7 Å². The van der Waals surface area contributed by atoms with Crippen LogP contribution in [-0.4, -0.2) is 101 Å². The van der Waals surface area contributed by atoms with Gasteiger partial charge in [-0.2, -0.15) is 4.98 Å². The maximum Gasteiger partial charge on any atom is 0.228 e. The number of nitrogen functional groups attached to an aromatic ring is 1. The predicted octanol–water partition coefficient (Wildman–Crippen LogP) is 2.14. The van der Waals surface area contributed by atoms with Gasteiger partial charge in [-0.3, -0.25) is 4.79 Å². The lowest BCUT2D eigenvalue weighted by atomic mass is 10.1. The third-order valence-electron chi connectivity index (χ3n) is 8.08. The normalized spacial score (nSPS) is 17.8. The number of aromatic nitrogens is 4. The van der Waals surface area contributed by atoms with Gasteiger partial charge < -0.3 is 30.1 Å². The van der Waals surface area contributed by atoms with Gasteiger partial charge in [-0.05, 0) is 37.1 Å². The van der Waals surface area contributed by atoms with E-state index in [1.165, 1.54) is 0 Å². The molecule has 1 aromatic carbocycles. The number of carbonyl (C=O) groups is 1. The molecule has 1 amide bonds. The average molecular weight is 544 g/mol. The Labute approximate surface area is 235 Å². The fraction of sp³-hybridized carbons (Fsp3) is 0.483. The Balaban J connectivity index is 1.24. The van der Waals surface area contributed by atoms with Crippen molar-refractivity contribution in [3.05, 3.63) is 47.8 Å². The van der Waals surface area contributed by atoms with Crippen LogP contribution in [0.3, 0.4) is 0 Å². The maximum atomic E-state index is 12.9. The lowest BCUT2D eigenvalue weighted by Gasteiger charge is -2.34. The molecule has 6 rings (SSSR count). The number of likely N-dealkylation sites (N-methyl/N-ethyl adjacent to an activating group) is 1. The van der Waals surface area contributed by atoms with Crippen LogP contribution in [0.1, 0.15) is 24.5 Å². The minimum absolute atomic E-state index is 0.239. The molecule has 11 nitrogen and oxygen atoms in total. The van der Waals surface area contributed by atoms with Crippen molar-refractivity contribution in [2.45, 2.75) is 26.2 Å². The second-order valence-corrected chi connectivity index (χ2v) is 10.5. The standard InChI is InChI=1S/C29H37N9O2/c1-2-35-10-12-36(13-11-35)25(39)7-6-21-4-3-5-23(18-21)38-9-8-24-26(22-19-31-28(30)32-20-22)33-29(34-27(24)38)37-14-16-40-17-15-37/h3-5,18-20H,2,6-17H2,1H3,(H2,30,31,32). The highest BCUT2D eigenvalue weighted by Crippen LogP contribution is 2.39. The molecule has 0 saturated carbocycles. The van der Waals surface area contributed by atoms with Gasteiger partial charge >= 0.3 is 0 Å². The summed E-state index contributed by atoms with van der Waals surface area (Å²) in [6.45, 7) is 10.4. The largest absolute Gasteiger partial charge is 0.378 e. The van der Waals surface area contributed by atoms with Gasteiger partial charge in [-0.1, -0.05) is 19.1 Å². The molecule has 2 fully saturated rings. The summed E-state index contributed by atoms with van der Waals surface area (Å²) in [5, 5.41) is 0. The van der Waals surface area contributed by atoms with Crippen molar-refractivity contribution in [2.75, 3.05) is 81.1 Å². The first-order chi connectivity index (χ1) is 19.6. The van der Waals surface area contributed by atoms with Crippen LogP contribution in [0, 0.1) is 0 Å². The predicted molar refractivity (Wildman–Crippen MR) is 155 cm³/mol. The Bertz CT molecular complexity index is 1340. The van der Waals surface area contributed by atoms with Crippen molar-refractivity contribution in [3.63, 3.8) is 0 Å². The number of benzene rings is 1. The molecular weight excluding hydrogens is 506 g/mol. The molecule has 0 spiro atoms. The summed E-state index contributed by atoms with van der Waals surface area (Å²) < 4.78 is 5.56. The van der Waals surface area contributed by atoms with E-state index < -0.39 is 0 Å². The van der Waals surface area contributed by atoms with Gasteiger partial charge in [0.2, 0.25) is 17.8 Å². The number of ether oxygens (including phenoxy) is 1. The van der Waals surface area contributed by atoms with Gasteiger partial charge in [0.1, 0.15) is 5.82 Å². The molecule has 2 N–H and O–H groups in total. The van der Waals surface area contributed by atoms with E-state index in [0.717, 1.165) is 99.1 Å². The minimum atomic E-state index is 0.239. The number of aryl methyl sites for hydroxylation is 1. The summed E-state index contributed by atoms with van der Waals surface area (Å²) in [5.41, 5.74) is 10.7. The van der Waals surface area contributed by atoms with Gasteiger partial charge in [-0.15, -0.1) is 0 Å². The minimum Gasteiger partial charge on any atom is -0.378 e. The molecule has 0 unspecified atom stereocenters. The smallest absolute Gasteiger partial charge is 0.228 e. The number of morpholine rings is 1. The summed E-state index contributed by atoms with van der Waals surface area (Å²) in [7, 11) is 0. The van der Waals surface area contributed by atoms with Crippen LogP contribution in [0.25, 0.3) is 11.3 Å². The summed E-state index contributed by atoms with van der Waals surface area (Å²) in [6, 6.07) is 8.50. The topological polar surface area (TPSA) is 117 Å². The fourth-order valence-corrected chi connectivity index (χ4v) is 5.70. The number of nitrogens with zero attached hydrogens (tertiary/aromatic N) is 8. The van der Waals surface area contributed by atoms with Gasteiger partial charge in [0.25, 0.3) is 0 Å². The molecule has 0 bridgehead atoms. The molecule has 0 radical (unpaired) electrons. The first-order valence-electron chi connectivity index (χ1n) is 14.3. The van der Waals surface area contributed by atoms with Crippen molar-refractivity contribution in [2.24, 2.45) is 0 Å². The molecule has 210 valence electrons. The Kier molecular flexibility index (Phi) is 7.74. The molecule has 3 aliphatic heterocycles. The average Bonchev–Trinajstić information content (AvgIpc) is 3.45. The quantitative estimate of drug-likeness (QED) is 0.475. The number of hydrogen-bond donors (Lipinski definition) is 1. The zero-order chi connectivity index (χ0) is 27.5. The number of piperazine rings is 1. The van der Waals surface area contributed by atoms with Gasteiger partial charge in [-0.25, -0.2) is 15.0 Å². The van der Waals surface area contributed by atoms with Crippen molar-refractivity contribution in [3.8, 4) is 11.3 Å². The lowest BCUT2D eigenvalue weighted by Crippen LogP contribution is -2.48. The summed E-state index contributed by atoms with van der Waals surface area (Å²) in [6.07, 6.45) is 5.52. The van der Waals surface area contributed by atoms with E-state index in [4.69, 9.17) is 20.4 Å². The highest BCUT2D eigenvalue weighted by Gasteiger charge is 2.29. The second kappa shape index (κ2) is 11.7. The van der Waals surface area contributed by atoms with Crippen molar-refractivity contribution >= 4 is 29.3 Å². The van der Waals surface area contributed by atoms with E-state index in [9.17, 15) is 4.79 Å². The van der Waals surface area contributed by atoms with E-state index in [1.54, 1.807) is 12.4 Å². The maximum absolute atomic E-state index is 12.9. The molecule has 3 aliphatic rings. The van der Waals surface area contributed by atoms with E-state index in [2.05, 4.69) is 55.9 Å². The number of carbonyl (C=O) groups excluding carboxylic acids is 1. The van der Waals surface area contributed by atoms with E-state index >= 15 is 0 Å². The molecule has 40 heavy (non-hydrogen) atoms. The van der Waals surface area contributed by atoms with Crippen LogP contribution < -0.4 is 15.5 Å². The summed E-state index contributed by atoms with van der Waals surface area (Å²) in [5.74, 6) is 2.07. The Morgan fingerprint density at radius 3 is 2.52 bits per heavy atom. The zero-order valence-electron chi connectivity index (χ0n) is 23.1. The Morgan fingerprint density at radius 2 is 1.77 bits per heavy atom. The van der Waals surface area contributed by atoms with Crippen molar-refractivity contribution in [1.29, 1.82) is 0 Å². The van der Waals surface area contributed by atoms with Crippen molar-refractivity contribution in [1.82, 2.24) is 29.7 Å². The summed E-state index contributed by atoms with van der Waals surface area (Å²) >= 11 is 0. The van der Waals surface area contributed by atoms with E-state index in [0.29, 0.717) is 25.6 Å².